The second-order valence-electron chi connectivity index (χ2n) is 5.88. The van der Waals surface area contributed by atoms with Crippen LogP contribution in [0, 0.1) is 12.7 Å². The molecule has 0 spiro atoms. The third kappa shape index (κ3) is 4.31. The van der Waals surface area contributed by atoms with Gasteiger partial charge >= 0.3 is 0 Å². The van der Waals surface area contributed by atoms with Crippen LogP contribution in [0.1, 0.15) is 23.9 Å². The average molecular weight is 391 g/mol. The van der Waals surface area contributed by atoms with Crippen LogP contribution in [0.5, 0.6) is 0 Å². The number of benzene rings is 1. The fourth-order valence-corrected chi connectivity index (χ4v) is 4.09. The van der Waals surface area contributed by atoms with Crippen molar-refractivity contribution in [2.24, 2.45) is 0 Å². The molecule has 0 aliphatic heterocycles. The Morgan fingerprint density at radius 2 is 2.12 bits per heavy atom. The van der Waals surface area contributed by atoms with Crippen LogP contribution in [0.25, 0.3) is 4.96 Å². The number of hydrogen-bond acceptors (Lipinski definition) is 5. The Balaban J connectivity index is 1.56. The predicted octanol–water partition coefficient (Wildman–Crippen LogP) is 3.14. The largest absolute Gasteiger partial charge is 0.351 e. The molecular weight excluding hydrogens is 373 g/mol. The predicted molar refractivity (Wildman–Crippen MR) is 103 cm³/mol. The van der Waals surface area contributed by atoms with Crippen LogP contribution >= 0.6 is 23.1 Å². The maximum absolute atomic E-state index is 12.9. The lowest BCUT2D eigenvalue weighted by atomic mass is 10.2. The number of fused-ring (bicyclic) bond motifs is 1. The van der Waals surface area contributed by atoms with Crippen molar-refractivity contribution in [2.75, 3.05) is 0 Å². The zero-order valence-electron chi connectivity index (χ0n) is 14.4. The molecule has 26 heavy (non-hydrogen) atoms. The first-order valence-corrected chi connectivity index (χ1v) is 9.97. The highest BCUT2D eigenvalue weighted by Crippen LogP contribution is 2.18. The van der Waals surface area contributed by atoms with Gasteiger partial charge in [-0.1, -0.05) is 12.1 Å². The molecule has 8 heteroatoms. The minimum absolute atomic E-state index is 0.0993. The Morgan fingerprint density at radius 3 is 2.85 bits per heavy atom. The first kappa shape index (κ1) is 18.6. The van der Waals surface area contributed by atoms with Crippen LogP contribution in [-0.4, -0.2) is 20.5 Å². The molecule has 0 aliphatic carbocycles. The molecule has 1 aromatic carbocycles. The molecule has 0 saturated carbocycles. The van der Waals surface area contributed by atoms with Gasteiger partial charge in [-0.3, -0.25) is 14.0 Å². The number of nitrogens with zero attached hydrogens (tertiary/aromatic N) is 2. The van der Waals surface area contributed by atoms with Crippen LogP contribution in [0.2, 0.25) is 0 Å². The van der Waals surface area contributed by atoms with Crippen LogP contribution < -0.4 is 10.9 Å². The summed E-state index contributed by atoms with van der Waals surface area (Å²) in [7, 11) is 0. The molecule has 136 valence electrons. The summed E-state index contributed by atoms with van der Waals surface area (Å²) >= 11 is 2.85. The number of hydrogen-bond donors (Lipinski definition) is 1. The van der Waals surface area contributed by atoms with Crippen LogP contribution in [0.15, 0.2) is 40.5 Å². The second kappa shape index (κ2) is 8.01. The van der Waals surface area contributed by atoms with Gasteiger partial charge in [-0.2, -0.15) is 0 Å². The summed E-state index contributed by atoms with van der Waals surface area (Å²) in [4.78, 5) is 29.5. The lowest BCUT2D eigenvalue weighted by Crippen LogP contribution is -2.30. The molecule has 1 amide bonds. The normalized spacial score (nSPS) is 12.3. The van der Waals surface area contributed by atoms with E-state index in [1.54, 1.807) is 16.5 Å². The van der Waals surface area contributed by atoms with Gasteiger partial charge in [-0.05, 0) is 31.5 Å². The number of nitrogens with one attached hydrogen (secondary N) is 1. The van der Waals surface area contributed by atoms with Gasteiger partial charge in [0.1, 0.15) is 5.82 Å². The smallest absolute Gasteiger partial charge is 0.258 e. The number of halogens is 1. The van der Waals surface area contributed by atoms with Crippen molar-refractivity contribution in [1.82, 2.24) is 14.7 Å². The fourth-order valence-electron chi connectivity index (χ4n) is 2.40. The van der Waals surface area contributed by atoms with Crippen LogP contribution in [-0.2, 0) is 17.1 Å². The first-order chi connectivity index (χ1) is 12.4. The number of carbonyl (C=O) groups excluding carboxylic acids is 1. The van der Waals surface area contributed by atoms with E-state index >= 15 is 0 Å². The molecule has 3 aromatic rings. The molecule has 3 rings (SSSR count). The molecule has 0 aliphatic rings. The van der Waals surface area contributed by atoms with E-state index in [1.807, 2.05) is 19.2 Å². The summed E-state index contributed by atoms with van der Waals surface area (Å²) < 4.78 is 14.5. The van der Waals surface area contributed by atoms with Crippen LogP contribution in [0.3, 0.4) is 0 Å². The van der Waals surface area contributed by atoms with E-state index in [4.69, 9.17) is 0 Å². The van der Waals surface area contributed by atoms with Crippen molar-refractivity contribution in [3.63, 3.8) is 0 Å². The lowest BCUT2D eigenvalue weighted by molar-refractivity contribution is -0.120. The monoisotopic (exact) mass is 391 g/mol. The minimum atomic E-state index is -0.301. The van der Waals surface area contributed by atoms with Gasteiger partial charge < -0.3 is 5.32 Å². The van der Waals surface area contributed by atoms with E-state index in [0.29, 0.717) is 23.0 Å². The lowest BCUT2D eigenvalue weighted by Gasteiger charge is -2.12. The molecule has 1 N–H and O–H groups in total. The third-order valence-electron chi connectivity index (χ3n) is 3.86. The van der Waals surface area contributed by atoms with Crippen molar-refractivity contribution >= 4 is 34.0 Å². The van der Waals surface area contributed by atoms with Gasteiger partial charge in [0.2, 0.25) is 5.91 Å². The van der Waals surface area contributed by atoms with Gasteiger partial charge in [0, 0.05) is 29.4 Å². The van der Waals surface area contributed by atoms with E-state index < -0.39 is 0 Å². The minimum Gasteiger partial charge on any atom is -0.351 e. The quantitative estimate of drug-likeness (QED) is 0.701. The molecule has 2 heterocycles. The highest BCUT2D eigenvalue weighted by Gasteiger charge is 2.14. The summed E-state index contributed by atoms with van der Waals surface area (Å²) in [5, 5.41) is 4.44. The van der Waals surface area contributed by atoms with Crippen LogP contribution in [0.4, 0.5) is 4.39 Å². The number of aryl methyl sites for hydroxylation is 1. The van der Waals surface area contributed by atoms with E-state index in [9.17, 15) is 14.0 Å². The van der Waals surface area contributed by atoms with Gasteiger partial charge in [0.05, 0.1) is 10.9 Å². The van der Waals surface area contributed by atoms with Crippen molar-refractivity contribution in [2.45, 2.75) is 31.4 Å². The van der Waals surface area contributed by atoms with Crippen molar-refractivity contribution < 1.29 is 9.18 Å². The van der Waals surface area contributed by atoms with E-state index in [-0.39, 0.29) is 22.5 Å². The number of carbonyl (C=O) groups is 1. The van der Waals surface area contributed by atoms with Gasteiger partial charge in [-0.25, -0.2) is 9.37 Å². The Bertz CT molecular complexity index is 982. The SMILES string of the molecule is Cc1csc2nc(CSC(C)C(=O)NCc3ccc(F)cc3)cc(=O)n12. The van der Waals surface area contributed by atoms with Crippen molar-refractivity contribution in [3.05, 3.63) is 68.8 Å². The number of thioether (sulfide) groups is 1. The van der Waals surface area contributed by atoms with Crippen molar-refractivity contribution in [1.29, 1.82) is 0 Å². The highest BCUT2D eigenvalue weighted by molar-refractivity contribution is 7.99. The maximum atomic E-state index is 12.9. The first-order valence-electron chi connectivity index (χ1n) is 8.04. The standard InChI is InChI=1S/C18H18FN3O2S2/c1-11-9-26-18-21-15(7-16(23)22(11)18)10-25-12(2)17(24)20-8-13-3-5-14(19)6-4-13/h3-7,9,12H,8,10H2,1-2H3,(H,20,24). The Hall–Kier alpha value is -2.19. The molecule has 5 nitrogen and oxygen atoms in total. The molecule has 2 aromatic heterocycles. The summed E-state index contributed by atoms with van der Waals surface area (Å²) in [5.41, 5.74) is 2.28. The number of aromatic nitrogens is 2. The Kier molecular flexibility index (Phi) is 5.73. The molecular formula is C18H18FN3O2S2. The van der Waals surface area contributed by atoms with E-state index in [1.165, 1.54) is 41.3 Å². The number of thiazole rings is 1. The summed E-state index contributed by atoms with van der Waals surface area (Å²) in [6.07, 6.45) is 0. The second-order valence-corrected chi connectivity index (χ2v) is 8.04. The molecule has 0 radical (unpaired) electrons. The zero-order chi connectivity index (χ0) is 18.7. The fraction of sp³-hybridized carbons (Fsp3) is 0.278. The van der Waals surface area contributed by atoms with E-state index in [2.05, 4.69) is 10.3 Å². The average Bonchev–Trinajstić information content (AvgIpc) is 3.00. The molecule has 0 fully saturated rings. The number of rotatable bonds is 6. The van der Waals surface area contributed by atoms with Crippen molar-refractivity contribution in [3.8, 4) is 0 Å². The van der Waals surface area contributed by atoms with E-state index in [0.717, 1.165) is 11.3 Å². The van der Waals surface area contributed by atoms with Gasteiger partial charge in [0.25, 0.3) is 5.56 Å². The van der Waals surface area contributed by atoms with Gasteiger partial charge in [0.15, 0.2) is 4.96 Å². The third-order valence-corrected chi connectivity index (χ3v) is 5.98. The summed E-state index contributed by atoms with van der Waals surface area (Å²) in [6, 6.07) is 7.54. The maximum Gasteiger partial charge on any atom is 0.258 e. The molecule has 1 unspecified atom stereocenters. The van der Waals surface area contributed by atoms with Gasteiger partial charge in [-0.15, -0.1) is 23.1 Å². The summed E-state index contributed by atoms with van der Waals surface area (Å²) in [5.74, 6) is 0.0720. The highest BCUT2D eigenvalue weighted by atomic mass is 32.2. The molecule has 1 atom stereocenters. The Labute approximate surface area is 158 Å². The molecule has 0 bridgehead atoms. The summed E-state index contributed by atoms with van der Waals surface area (Å²) in [6.45, 7) is 4.03. The topological polar surface area (TPSA) is 63.5 Å². The Morgan fingerprint density at radius 1 is 1.38 bits per heavy atom. The number of amides is 1. The zero-order valence-corrected chi connectivity index (χ0v) is 16.0. The molecule has 0 saturated heterocycles.